The molecule has 0 spiro atoms. The van der Waals surface area contributed by atoms with Crippen molar-refractivity contribution in [2.45, 2.75) is 44.8 Å². The van der Waals surface area contributed by atoms with Crippen molar-refractivity contribution in [2.24, 2.45) is 0 Å². The Kier molecular flexibility index (Phi) is 7.86. The van der Waals surface area contributed by atoms with Crippen LogP contribution in [0.2, 0.25) is 0 Å². The SMILES string of the molecule is C=CCCC1OCC(c2ccc(-c3ccc(-c4ccc(CCC)c(F)c4F)cc3)cc2F)CO1. The summed E-state index contributed by atoms with van der Waals surface area (Å²) in [6.07, 6.45) is 4.35. The first-order valence-corrected chi connectivity index (χ1v) is 11.7. The first kappa shape index (κ1) is 24.2. The lowest BCUT2D eigenvalue weighted by molar-refractivity contribution is -0.189. The van der Waals surface area contributed by atoms with Gasteiger partial charge in [-0.25, -0.2) is 13.2 Å². The van der Waals surface area contributed by atoms with E-state index >= 15 is 0 Å². The smallest absolute Gasteiger partial charge is 0.166 e. The van der Waals surface area contributed by atoms with Gasteiger partial charge in [0, 0.05) is 17.9 Å². The van der Waals surface area contributed by atoms with E-state index in [0.717, 1.165) is 24.8 Å². The van der Waals surface area contributed by atoms with Gasteiger partial charge in [0.1, 0.15) is 5.82 Å². The predicted octanol–water partition coefficient (Wildman–Crippen LogP) is 7.81. The van der Waals surface area contributed by atoms with Crippen LogP contribution in [-0.2, 0) is 15.9 Å². The van der Waals surface area contributed by atoms with Gasteiger partial charge in [-0.2, -0.15) is 0 Å². The van der Waals surface area contributed by atoms with Crippen LogP contribution in [0, 0.1) is 17.5 Å². The van der Waals surface area contributed by atoms with Crippen LogP contribution < -0.4 is 0 Å². The number of aryl methyl sites for hydroxylation is 1. The Labute approximate surface area is 199 Å². The van der Waals surface area contributed by atoms with Crippen molar-refractivity contribution in [3.63, 3.8) is 0 Å². The van der Waals surface area contributed by atoms with Gasteiger partial charge < -0.3 is 9.47 Å². The minimum atomic E-state index is -0.835. The van der Waals surface area contributed by atoms with Gasteiger partial charge in [0.05, 0.1) is 13.2 Å². The summed E-state index contributed by atoms with van der Waals surface area (Å²) >= 11 is 0. The average molecular weight is 467 g/mol. The van der Waals surface area contributed by atoms with E-state index in [1.54, 1.807) is 42.5 Å². The molecule has 1 aliphatic rings. The molecule has 178 valence electrons. The van der Waals surface area contributed by atoms with Crippen LogP contribution in [0.4, 0.5) is 13.2 Å². The topological polar surface area (TPSA) is 18.5 Å². The number of rotatable bonds is 8. The Morgan fingerprint density at radius 1 is 0.882 bits per heavy atom. The molecule has 1 fully saturated rings. The molecular formula is C29H29F3O2. The molecule has 1 heterocycles. The molecule has 0 saturated carbocycles. The number of hydrogen-bond acceptors (Lipinski definition) is 2. The van der Waals surface area contributed by atoms with E-state index in [1.807, 2.05) is 19.1 Å². The summed E-state index contributed by atoms with van der Waals surface area (Å²) < 4.78 is 55.3. The molecule has 34 heavy (non-hydrogen) atoms. The van der Waals surface area contributed by atoms with Crippen molar-refractivity contribution in [1.29, 1.82) is 0 Å². The third kappa shape index (κ3) is 5.26. The van der Waals surface area contributed by atoms with E-state index in [4.69, 9.17) is 9.47 Å². The van der Waals surface area contributed by atoms with Crippen LogP contribution in [-0.4, -0.2) is 19.5 Å². The molecule has 4 rings (SSSR count). The molecule has 0 aromatic heterocycles. The zero-order valence-electron chi connectivity index (χ0n) is 19.3. The summed E-state index contributed by atoms with van der Waals surface area (Å²) in [5.41, 5.74) is 3.23. The zero-order valence-corrected chi connectivity index (χ0v) is 19.3. The van der Waals surface area contributed by atoms with Crippen molar-refractivity contribution in [2.75, 3.05) is 13.2 Å². The molecule has 3 aromatic rings. The molecule has 0 radical (unpaired) electrons. The predicted molar refractivity (Wildman–Crippen MR) is 129 cm³/mol. The molecule has 1 aliphatic heterocycles. The second-order valence-corrected chi connectivity index (χ2v) is 8.62. The highest BCUT2D eigenvalue weighted by Gasteiger charge is 2.25. The first-order chi connectivity index (χ1) is 16.5. The highest BCUT2D eigenvalue weighted by Crippen LogP contribution is 2.32. The van der Waals surface area contributed by atoms with Gasteiger partial charge in [-0.05, 0) is 46.7 Å². The standard InChI is InChI=1S/C29H29F3O2/c1-3-5-7-27-33-17-23(18-34-27)24-14-13-22(16-26(24)30)19-8-10-20(11-9-19)25-15-12-21(6-4-2)28(31)29(25)32/h3,8-16,23,27H,1,4-7,17-18H2,2H3. The van der Waals surface area contributed by atoms with Gasteiger partial charge in [-0.15, -0.1) is 6.58 Å². The van der Waals surface area contributed by atoms with Crippen LogP contribution in [0.3, 0.4) is 0 Å². The number of ether oxygens (including phenoxy) is 2. The van der Waals surface area contributed by atoms with Gasteiger partial charge in [-0.1, -0.05) is 68.0 Å². The lowest BCUT2D eigenvalue weighted by Crippen LogP contribution is -2.31. The minimum absolute atomic E-state index is 0.162. The van der Waals surface area contributed by atoms with E-state index in [-0.39, 0.29) is 23.6 Å². The lowest BCUT2D eigenvalue weighted by atomic mass is 9.94. The molecule has 2 nitrogen and oxygen atoms in total. The minimum Gasteiger partial charge on any atom is -0.352 e. The normalized spacial score (nSPS) is 18.1. The molecule has 5 heteroatoms. The van der Waals surface area contributed by atoms with Gasteiger partial charge in [0.2, 0.25) is 0 Å². The van der Waals surface area contributed by atoms with Gasteiger partial charge in [-0.3, -0.25) is 0 Å². The van der Waals surface area contributed by atoms with Crippen molar-refractivity contribution < 1.29 is 22.6 Å². The van der Waals surface area contributed by atoms with E-state index in [1.165, 1.54) is 6.07 Å². The monoisotopic (exact) mass is 466 g/mol. The van der Waals surface area contributed by atoms with E-state index in [0.29, 0.717) is 41.9 Å². The maximum Gasteiger partial charge on any atom is 0.166 e. The highest BCUT2D eigenvalue weighted by atomic mass is 19.2. The molecule has 0 atom stereocenters. The molecule has 0 bridgehead atoms. The number of halogens is 3. The Morgan fingerprint density at radius 3 is 2.21 bits per heavy atom. The van der Waals surface area contributed by atoms with Crippen LogP contribution in [0.1, 0.15) is 43.2 Å². The summed E-state index contributed by atoms with van der Waals surface area (Å²) in [4.78, 5) is 0. The molecular weight excluding hydrogens is 437 g/mol. The number of benzene rings is 3. The average Bonchev–Trinajstić information content (AvgIpc) is 2.86. The lowest BCUT2D eigenvalue weighted by Gasteiger charge is -2.29. The Bertz CT molecular complexity index is 1130. The summed E-state index contributed by atoms with van der Waals surface area (Å²) in [5, 5.41) is 0. The Morgan fingerprint density at radius 2 is 1.56 bits per heavy atom. The molecule has 0 N–H and O–H groups in total. The summed E-state index contributed by atoms with van der Waals surface area (Å²) in [7, 11) is 0. The van der Waals surface area contributed by atoms with Crippen LogP contribution in [0.15, 0.2) is 67.3 Å². The van der Waals surface area contributed by atoms with Gasteiger partial charge in [0.25, 0.3) is 0 Å². The largest absolute Gasteiger partial charge is 0.352 e. The summed E-state index contributed by atoms with van der Waals surface area (Å²) in [6, 6.07) is 15.4. The zero-order chi connectivity index (χ0) is 24.1. The number of hydrogen-bond donors (Lipinski definition) is 0. The fourth-order valence-electron chi connectivity index (χ4n) is 4.30. The van der Waals surface area contributed by atoms with Crippen LogP contribution in [0.5, 0.6) is 0 Å². The third-order valence-electron chi connectivity index (χ3n) is 6.22. The summed E-state index contributed by atoms with van der Waals surface area (Å²) in [6.45, 7) is 6.44. The maximum atomic E-state index is 14.9. The molecule has 0 aliphatic carbocycles. The first-order valence-electron chi connectivity index (χ1n) is 11.7. The van der Waals surface area contributed by atoms with Crippen molar-refractivity contribution >= 4 is 0 Å². The van der Waals surface area contributed by atoms with Gasteiger partial charge in [0.15, 0.2) is 17.9 Å². The third-order valence-corrected chi connectivity index (χ3v) is 6.22. The van der Waals surface area contributed by atoms with Crippen molar-refractivity contribution in [3.8, 4) is 22.3 Å². The van der Waals surface area contributed by atoms with Crippen molar-refractivity contribution in [1.82, 2.24) is 0 Å². The molecule has 3 aromatic carbocycles. The van der Waals surface area contributed by atoms with Crippen LogP contribution >= 0.6 is 0 Å². The molecule has 0 unspecified atom stereocenters. The van der Waals surface area contributed by atoms with Crippen molar-refractivity contribution in [3.05, 3.63) is 95.8 Å². The highest BCUT2D eigenvalue weighted by molar-refractivity contribution is 5.71. The van der Waals surface area contributed by atoms with E-state index < -0.39 is 11.6 Å². The van der Waals surface area contributed by atoms with Gasteiger partial charge >= 0.3 is 0 Å². The second kappa shape index (κ2) is 11.0. The van der Waals surface area contributed by atoms with E-state index in [2.05, 4.69) is 6.58 Å². The fourth-order valence-corrected chi connectivity index (χ4v) is 4.30. The number of allylic oxidation sites excluding steroid dienone is 1. The Hall–Kier alpha value is -2.89. The Balaban J connectivity index is 1.48. The molecule has 1 saturated heterocycles. The summed E-state index contributed by atoms with van der Waals surface area (Å²) in [5.74, 6) is -2.10. The maximum absolute atomic E-state index is 14.9. The second-order valence-electron chi connectivity index (χ2n) is 8.62. The van der Waals surface area contributed by atoms with E-state index in [9.17, 15) is 13.2 Å². The van der Waals surface area contributed by atoms with Crippen LogP contribution in [0.25, 0.3) is 22.3 Å². The quantitative estimate of drug-likeness (QED) is 0.315. The molecule has 0 amide bonds. The fraction of sp³-hybridized carbons (Fsp3) is 0.310.